The van der Waals surface area contributed by atoms with Crippen LogP contribution in [0.5, 0.6) is 0 Å². The van der Waals surface area contributed by atoms with E-state index >= 15 is 0 Å². The number of para-hydroxylation sites is 1. The van der Waals surface area contributed by atoms with Crippen molar-refractivity contribution in [3.63, 3.8) is 0 Å². The number of aromatic nitrogens is 2. The van der Waals surface area contributed by atoms with Crippen LogP contribution in [0.1, 0.15) is 36.1 Å². The van der Waals surface area contributed by atoms with Gasteiger partial charge in [0.1, 0.15) is 0 Å². The number of nitrogens with zero attached hydrogens (tertiary/aromatic N) is 2. The lowest BCUT2D eigenvalue weighted by molar-refractivity contribution is 0.661. The molecule has 0 spiro atoms. The van der Waals surface area contributed by atoms with Gasteiger partial charge in [0, 0.05) is 63.1 Å². The van der Waals surface area contributed by atoms with Crippen molar-refractivity contribution < 1.29 is 0 Å². The Morgan fingerprint density at radius 1 is 0.500 bits per heavy atom. The van der Waals surface area contributed by atoms with Crippen molar-refractivity contribution in [3.8, 4) is 11.1 Å². The Balaban J connectivity index is 1.28. The highest BCUT2D eigenvalue weighted by Gasteiger charge is 2.35. The first-order chi connectivity index (χ1) is 18.4. The summed E-state index contributed by atoms with van der Waals surface area (Å²) in [5, 5.41) is 5.36. The zero-order chi connectivity index (χ0) is 25.8. The van der Waals surface area contributed by atoms with Crippen molar-refractivity contribution in [1.82, 2.24) is 9.13 Å². The zero-order valence-electron chi connectivity index (χ0n) is 22.3. The molecule has 0 atom stereocenters. The van der Waals surface area contributed by atoms with E-state index in [4.69, 9.17) is 0 Å². The Morgan fingerprint density at radius 2 is 1.08 bits per heavy atom. The molecule has 0 aliphatic heterocycles. The standard InChI is InChI=1S/C36H30N2/c1-36(2)30-11-7-5-9-24(30)26-20-29-28-19-23(14-16-34(28)38(4)35(29)21-31(26)36)17-22-13-15-33-27(18-22)25-10-6-8-12-32(25)37(33)3/h5-16,18-21H,17H2,1-4H3. The van der Waals surface area contributed by atoms with Gasteiger partial charge in [-0.3, -0.25) is 0 Å². The second kappa shape index (κ2) is 7.39. The van der Waals surface area contributed by atoms with Crippen LogP contribution in [0.25, 0.3) is 54.7 Å². The minimum Gasteiger partial charge on any atom is -0.344 e. The quantitative estimate of drug-likeness (QED) is 0.229. The van der Waals surface area contributed by atoms with Gasteiger partial charge in [-0.25, -0.2) is 0 Å². The number of aryl methyl sites for hydroxylation is 2. The Labute approximate surface area is 222 Å². The second-order valence-electron chi connectivity index (χ2n) is 11.6. The molecule has 0 bridgehead atoms. The van der Waals surface area contributed by atoms with Gasteiger partial charge in [0.05, 0.1) is 0 Å². The predicted octanol–water partition coefficient (Wildman–Crippen LogP) is 8.87. The smallest absolute Gasteiger partial charge is 0.0492 e. The third kappa shape index (κ3) is 2.78. The molecule has 0 radical (unpaired) electrons. The van der Waals surface area contributed by atoms with Crippen molar-refractivity contribution >= 4 is 43.6 Å². The summed E-state index contributed by atoms with van der Waals surface area (Å²) >= 11 is 0. The molecule has 0 N–H and O–H groups in total. The maximum Gasteiger partial charge on any atom is 0.0492 e. The Bertz CT molecular complexity index is 2100. The van der Waals surface area contributed by atoms with E-state index in [-0.39, 0.29) is 5.41 Å². The number of benzene rings is 5. The maximum absolute atomic E-state index is 2.45. The number of hydrogen-bond donors (Lipinski definition) is 0. The highest BCUT2D eigenvalue weighted by atomic mass is 14.9. The Morgan fingerprint density at radius 3 is 1.84 bits per heavy atom. The van der Waals surface area contributed by atoms with Crippen molar-refractivity contribution in [2.75, 3.05) is 0 Å². The first-order valence-corrected chi connectivity index (χ1v) is 13.5. The molecule has 2 heterocycles. The summed E-state index contributed by atoms with van der Waals surface area (Å²) in [5.74, 6) is 0. The lowest BCUT2D eigenvalue weighted by atomic mass is 9.82. The number of rotatable bonds is 2. The van der Waals surface area contributed by atoms with Crippen LogP contribution >= 0.6 is 0 Å². The lowest BCUT2D eigenvalue weighted by Crippen LogP contribution is -2.14. The lowest BCUT2D eigenvalue weighted by Gasteiger charge is -2.21. The molecule has 184 valence electrons. The second-order valence-corrected chi connectivity index (χ2v) is 11.6. The Hall–Kier alpha value is -4.30. The summed E-state index contributed by atoms with van der Waals surface area (Å²) < 4.78 is 4.67. The summed E-state index contributed by atoms with van der Waals surface area (Å²) in [5.41, 5.74) is 13.5. The largest absolute Gasteiger partial charge is 0.344 e. The van der Waals surface area contributed by atoms with E-state index in [9.17, 15) is 0 Å². The van der Waals surface area contributed by atoms with Crippen molar-refractivity contribution in [2.45, 2.75) is 25.7 Å². The summed E-state index contributed by atoms with van der Waals surface area (Å²) in [7, 11) is 4.37. The van der Waals surface area contributed by atoms with Crippen LogP contribution in [0.15, 0.2) is 97.1 Å². The fraction of sp³-hybridized carbons (Fsp3) is 0.167. The molecular weight excluding hydrogens is 460 g/mol. The molecule has 7 aromatic rings. The molecule has 1 aliphatic carbocycles. The van der Waals surface area contributed by atoms with Crippen molar-refractivity contribution in [3.05, 3.63) is 119 Å². The van der Waals surface area contributed by atoms with Crippen LogP contribution in [0.4, 0.5) is 0 Å². The van der Waals surface area contributed by atoms with E-state index in [1.807, 2.05) is 0 Å². The molecule has 0 unspecified atom stereocenters. The molecule has 0 amide bonds. The van der Waals surface area contributed by atoms with Gasteiger partial charge in [-0.05, 0) is 82.3 Å². The van der Waals surface area contributed by atoms with Gasteiger partial charge in [0.25, 0.3) is 0 Å². The minimum atomic E-state index is 0.0159. The SMILES string of the molecule is Cn1c2ccccc2c2cc(Cc3ccc4c(c3)c3cc5c(cc3n4C)C(C)(C)c3ccccc3-5)ccc21. The van der Waals surface area contributed by atoms with Gasteiger partial charge in [-0.2, -0.15) is 0 Å². The average Bonchev–Trinajstić information content (AvgIpc) is 3.47. The van der Waals surface area contributed by atoms with Gasteiger partial charge in [0.2, 0.25) is 0 Å². The fourth-order valence-electron chi connectivity index (χ4n) is 7.12. The Kier molecular flexibility index (Phi) is 4.23. The molecular formula is C36H30N2. The van der Waals surface area contributed by atoms with Crippen LogP contribution in [-0.4, -0.2) is 9.13 Å². The molecule has 2 nitrogen and oxygen atoms in total. The first kappa shape index (κ1) is 21.8. The van der Waals surface area contributed by atoms with Crippen LogP contribution in [0.2, 0.25) is 0 Å². The summed E-state index contributed by atoms with van der Waals surface area (Å²) in [6, 6.07) is 36.5. The normalized spacial score (nSPS) is 14.1. The maximum atomic E-state index is 2.45. The molecule has 2 heteroatoms. The monoisotopic (exact) mass is 490 g/mol. The third-order valence-corrected chi connectivity index (χ3v) is 9.16. The van der Waals surface area contributed by atoms with E-state index < -0.39 is 0 Å². The summed E-state index contributed by atoms with van der Waals surface area (Å²) in [4.78, 5) is 0. The van der Waals surface area contributed by atoms with E-state index in [0.29, 0.717) is 0 Å². The topological polar surface area (TPSA) is 9.86 Å². The number of fused-ring (bicyclic) bond motifs is 9. The van der Waals surface area contributed by atoms with Crippen molar-refractivity contribution in [2.24, 2.45) is 14.1 Å². The number of hydrogen-bond acceptors (Lipinski definition) is 0. The van der Waals surface area contributed by atoms with Crippen LogP contribution in [0.3, 0.4) is 0 Å². The third-order valence-electron chi connectivity index (χ3n) is 9.16. The van der Waals surface area contributed by atoms with Gasteiger partial charge < -0.3 is 9.13 Å². The molecule has 0 saturated carbocycles. The zero-order valence-corrected chi connectivity index (χ0v) is 22.3. The molecule has 2 aromatic heterocycles. The predicted molar refractivity (Wildman–Crippen MR) is 161 cm³/mol. The van der Waals surface area contributed by atoms with Crippen LogP contribution < -0.4 is 0 Å². The summed E-state index contributed by atoms with van der Waals surface area (Å²) in [6.45, 7) is 4.72. The molecule has 38 heavy (non-hydrogen) atoms. The summed E-state index contributed by atoms with van der Waals surface area (Å²) in [6.07, 6.45) is 0.923. The molecule has 5 aromatic carbocycles. The van der Waals surface area contributed by atoms with Crippen LogP contribution in [0, 0.1) is 0 Å². The highest BCUT2D eigenvalue weighted by molar-refractivity contribution is 6.11. The van der Waals surface area contributed by atoms with Gasteiger partial charge in [-0.15, -0.1) is 0 Å². The van der Waals surface area contributed by atoms with E-state index in [1.165, 1.54) is 77.0 Å². The van der Waals surface area contributed by atoms with E-state index in [2.05, 4.69) is 134 Å². The molecule has 8 rings (SSSR count). The van der Waals surface area contributed by atoms with Gasteiger partial charge >= 0.3 is 0 Å². The van der Waals surface area contributed by atoms with E-state index in [0.717, 1.165) is 6.42 Å². The molecule has 0 fully saturated rings. The molecule has 1 aliphatic rings. The van der Waals surface area contributed by atoms with E-state index in [1.54, 1.807) is 0 Å². The fourth-order valence-corrected chi connectivity index (χ4v) is 7.12. The first-order valence-electron chi connectivity index (χ1n) is 13.5. The van der Waals surface area contributed by atoms with Gasteiger partial charge in [-0.1, -0.05) is 68.4 Å². The minimum absolute atomic E-state index is 0.0159. The van der Waals surface area contributed by atoms with Gasteiger partial charge in [0.15, 0.2) is 0 Å². The molecule has 0 saturated heterocycles. The van der Waals surface area contributed by atoms with Crippen molar-refractivity contribution in [1.29, 1.82) is 0 Å². The van der Waals surface area contributed by atoms with Crippen LogP contribution in [-0.2, 0) is 25.9 Å². The average molecular weight is 491 g/mol. The highest BCUT2D eigenvalue weighted by Crippen LogP contribution is 2.50.